The van der Waals surface area contributed by atoms with Crippen LogP contribution in [0.3, 0.4) is 0 Å². The molecular weight excluding hydrogens is 420 g/mol. The lowest BCUT2D eigenvalue weighted by molar-refractivity contribution is -0.119. The van der Waals surface area contributed by atoms with Gasteiger partial charge in [-0.2, -0.15) is 0 Å². The van der Waals surface area contributed by atoms with E-state index in [1.807, 2.05) is 70.2 Å². The average Bonchev–Trinajstić information content (AvgIpc) is 2.78. The molecule has 0 saturated heterocycles. The molecule has 1 N–H and O–H groups in total. The van der Waals surface area contributed by atoms with Crippen LogP contribution in [0.4, 0.5) is 5.69 Å². The number of aryl methyl sites for hydroxylation is 2. The van der Waals surface area contributed by atoms with Crippen LogP contribution in [0.25, 0.3) is 0 Å². The van der Waals surface area contributed by atoms with E-state index >= 15 is 0 Å². The van der Waals surface area contributed by atoms with Crippen molar-refractivity contribution in [1.29, 1.82) is 0 Å². The number of sulfonamides is 1. The van der Waals surface area contributed by atoms with Crippen molar-refractivity contribution >= 4 is 21.6 Å². The normalized spacial score (nSPS) is 12.2. The van der Waals surface area contributed by atoms with E-state index < -0.39 is 10.0 Å². The van der Waals surface area contributed by atoms with Gasteiger partial charge in [0.25, 0.3) is 10.0 Å². The molecule has 32 heavy (non-hydrogen) atoms. The summed E-state index contributed by atoms with van der Waals surface area (Å²) in [6, 6.07) is 22.1. The first kappa shape index (κ1) is 23.5. The quantitative estimate of drug-likeness (QED) is 0.540. The lowest BCUT2D eigenvalue weighted by atomic mass is 10.0. The first-order valence-electron chi connectivity index (χ1n) is 10.7. The van der Waals surface area contributed by atoms with Crippen LogP contribution in [0.5, 0.6) is 0 Å². The second-order valence-corrected chi connectivity index (χ2v) is 10.0. The maximum absolute atomic E-state index is 13.5. The van der Waals surface area contributed by atoms with Crippen molar-refractivity contribution in [3.8, 4) is 0 Å². The summed E-state index contributed by atoms with van der Waals surface area (Å²) in [6.45, 7) is 7.87. The summed E-state index contributed by atoms with van der Waals surface area (Å²) < 4.78 is 28.3. The number of anilines is 1. The summed E-state index contributed by atoms with van der Waals surface area (Å²) in [5.74, 6) is -0.229. The summed E-state index contributed by atoms with van der Waals surface area (Å²) in [5, 5.41) is 2.90. The minimum absolute atomic E-state index is 0.114. The lowest BCUT2D eigenvalue weighted by Crippen LogP contribution is -2.42. The third kappa shape index (κ3) is 5.37. The molecule has 168 valence electrons. The fraction of sp³-hybridized carbons (Fsp3) is 0.269. The van der Waals surface area contributed by atoms with E-state index in [2.05, 4.69) is 5.32 Å². The summed E-state index contributed by atoms with van der Waals surface area (Å²) in [4.78, 5) is 13.0. The van der Waals surface area contributed by atoms with Gasteiger partial charge in [-0.1, -0.05) is 67.1 Å². The highest BCUT2D eigenvalue weighted by Crippen LogP contribution is 2.28. The molecule has 0 radical (unpaired) electrons. The molecule has 0 bridgehead atoms. The van der Waals surface area contributed by atoms with Crippen LogP contribution in [0.1, 0.15) is 35.1 Å². The topological polar surface area (TPSA) is 66.5 Å². The molecule has 0 heterocycles. The molecule has 0 spiro atoms. The monoisotopic (exact) mass is 450 g/mol. The van der Waals surface area contributed by atoms with Crippen molar-refractivity contribution in [1.82, 2.24) is 5.32 Å². The average molecular weight is 451 g/mol. The van der Waals surface area contributed by atoms with E-state index in [0.29, 0.717) is 12.2 Å². The number of carbonyl (C=O) groups excluding carboxylic acids is 1. The third-order valence-corrected chi connectivity index (χ3v) is 7.49. The number of benzene rings is 3. The molecule has 0 saturated carbocycles. The highest BCUT2D eigenvalue weighted by molar-refractivity contribution is 7.92. The van der Waals surface area contributed by atoms with Crippen LogP contribution < -0.4 is 9.62 Å². The van der Waals surface area contributed by atoms with Crippen molar-refractivity contribution < 1.29 is 13.2 Å². The van der Waals surface area contributed by atoms with Gasteiger partial charge in [0.05, 0.1) is 10.6 Å². The molecule has 6 heteroatoms. The Bertz CT molecular complexity index is 1170. The third-order valence-electron chi connectivity index (χ3n) is 5.71. The highest BCUT2D eigenvalue weighted by atomic mass is 32.2. The maximum Gasteiger partial charge on any atom is 0.264 e. The Morgan fingerprint density at radius 2 is 1.56 bits per heavy atom. The minimum atomic E-state index is -3.92. The van der Waals surface area contributed by atoms with Gasteiger partial charge in [0.2, 0.25) is 5.91 Å². The van der Waals surface area contributed by atoms with Crippen molar-refractivity contribution in [2.75, 3.05) is 17.4 Å². The van der Waals surface area contributed by atoms with Gasteiger partial charge in [-0.05, 0) is 61.6 Å². The lowest BCUT2D eigenvalue weighted by Gasteiger charge is -2.26. The molecule has 3 aromatic carbocycles. The van der Waals surface area contributed by atoms with E-state index in [0.717, 1.165) is 22.3 Å². The number of nitrogens with zero attached hydrogens (tertiary/aromatic N) is 1. The molecule has 0 aromatic heterocycles. The molecular formula is C26H30N2O3S. The summed E-state index contributed by atoms with van der Waals surface area (Å²) in [6.07, 6.45) is 0. The summed E-state index contributed by atoms with van der Waals surface area (Å²) >= 11 is 0. The molecule has 3 aromatic rings. The molecule has 1 amide bonds. The molecule has 3 rings (SSSR count). The Morgan fingerprint density at radius 1 is 0.906 bits per heavy atom. The summed E-state index contributed by atoms with van der Waals surface area (Å²) in [7, 11) is -3.92. The van der Waals surface area contributed by atoms with Gasteiger partial charge >= 0.3 is 0 Å². The number of nitrogens with one attached hydrogen (secondary N) is 1. The first-order valence-corrected chi connectivity index (χ1v) is 12.1. The van der Waals surface area contributed by atoms with Crippen molar-refractivity contribution in [3.05, 3.63) is 95.1 Å². The molecule has 1 unspecified atom stereocenters. The molecule has 5 nitrogen and oxygen atoms in total. The zero-order valence-corrected chi connectivity index (χ0v) is 19.8. The van der Waals surface area contributed by atoms with Gasteiger partial charge < -0.3 is 5.32 Å². The van der Waals surface area contributed by atoms with Gasteiger partial charge in [0.15, 0.2) is 0 Å². The van der Waals surface area contributed by atoms with E-state index in [1.54, 1.807) is 30.3 Å². The van der Waals surface area contributed by atoms with Crippen molar-refractivity contribution in [3.63, 3.8) is 0 Å². The van der Waals surface area contributed by atoms with Gasteiger partial charge in [-0.25, -0.2) is 8.42 Å². The van der Waals surface area contributed by atoms with Crippen molar-refractivity contribution in [2.45, 2.75) is 38.5 Å². The van der Waals surface area contributed by atoms with Gasteiger partial charge in [0, 0.05) is 6.54 Å². The molecule has 0 aliphatic rings. The number of rotatable bonds is 8. The van der Waals surface area contributed by atoms with Crippen molar-refractivity contribution in [2.24, 2.45) is 0 Å². The zero-order chi connectivity index (χ0) is 23.3. The van der Waals surface area contributed by atoms with Crippen LogP contribution in [0.2, 0.25) is 0 Å². The Balaban J connectivity index is 1.87. The zero-order valence-electron chi connectivity index (χ0n) is 19.0. The molecule has 1 atom stereocenters. The molecule has 0 aliphatic heterocycles. The Kier molecular flexibility index (Phi) is 7.36. The van der Waals surface area contributed by atoms with Gasteiger partial charge in [-0.3, -0.25) is 9.10 Å². The van der Waals surface area contributed by atoms with Crippen LogP contribution in [0, 0.1) is 20.8 Å². The smallest absolute Gasteiger partial charge is 0.264 e. The fourth-order valence-corrected chi connectivity index (χ4v) is 4.97. The van der Waals surface area contributed by atoms with E-state index in [-0.39, 0.29) is 23.3 Å². The van der Waals surface area contributed by atoms with Gasteiger partial charge in [-0.15, -0.1) is 0 Å². The molecule has 0 fully saturated rings. The largest absolute Gasteiger partial charge is 0.354 e. The minimum Gasteiger partial charge on any atom is -0.354 e. The predicted molar refractivity (Wildman–Crippen MR) is 129 cm³/mol. The number of hydrogen-bond acceptors (Lipinski definition) is 3. The van der Waals surface area contributed by atoms with E-state index in [1.165, 1.54) is 4.31 Å². The van der Waals surface area contributed by atoms with Gasteiger partial charge in [0.1, 0.15) is 6.54 Å². The maximum atomic E-state index is 13.5. The standard InChI is InChI=1S/C26H30N2O3S/c1-19-13-15-24(16-14-19)32(30,31)28(25-12-8-9-20(2)22(25)4)18-26(29)27-17-21(3)23-10-6-5-7-11-23/h5-16,21H,17-18H2,1-4H3,(H,27,29). The summed E-state index contributed by atoms with van der Waals surface area (Å²) in [5.41, 5.74) is 4.39. The number of hydrogen-bond donors (Lipinski definition) is 1. The highest BCUT2D eigenvalue weighted by Gasteiger charge is 2.28. The SMILES string of the molecule is Cc1ccc(S(=O)(=O)N(CC(=O)NCC(C)c2ccccc2)c2cccc(C)c2C)cc1. The predicted octanol–water partition coefficient (Wildman–Crippen LogP) is 4.73. The second kappa shape index (κ2) is 10.0. The molecule has 0 aliphatic carbocycles. The number of amides is 1. The Labute approximate surface area is 191 Å². The first-order chi connectivity index (χ1) is 15.2. The Hall–Kier alpha value is -3.12. The van der Waals surface area contributed by atoms with Crippen LogP contribution in [0.15, 0.2) is 77.7 Å². The number of carbonyl (C=O) groups is 1. The second-order valence-electron chi connectivity index (χ2n) is 8.16. The van der Waals surface area contributed by atoms with E-state index in [4.69, 9.17) is 0 Å². The van der Waals surface area contributed by atoms with Crippen LogP contribution >= 0.6 is 0 Å². The van der Waals surface area contributed by atoms with Crippen LogP contribution in [-0.4, -0.2) is 27.4 Å². The Morgan fingerprint density at radius 3 is 2.22 bits per heavy atom. The van der Waals surface area contributed by atoms with Crippen LogP contribution in [-0.2, 0) is 14.8 Å². The van der Waals surface area contributed by atoms with E-state index in [9.17, 15) is 13.2 Å². The fourth-order valence-electron chi connectivity index (χ4n) is 3.50.